The van der Waals surface area contributed by atoms with Gasteiger partial charge in [0, 0.05) is 18.7 Å². The number of halogens is 2. The highest BCUT2D eigenvalue weighted by Crippen LogP contribution is 2.27. The summed E-state index contributed by atoms with van der Waals surface area (Å²) in [6.07, 6.45) is -0.729. The zero-order valence-corrected chi connectivity index (χ0v) is 12.7. The molecule has 0 aliphatic rings. The smallest absolute Gasteiger partial charge is 0.138 e. The summed E-state index contributed by atoms with van der Waals surface area (Å²) in [7, 11) is 1.55. The van der Waals surface area contributed by atoms with Crippen molar-refractivity contribution in [2.45, 2.75) is 12.1 Å². The molecule has 2 atom stereocenters. The molecular weight excluding hydrogens is 305 g/mol. The first kappa shape index (κ1) is 17.5. The Kier molecular flexibility index (Phi) is 8.21. The van der Waals surface area contributed by atoms with Crippen LogP contribution in [0.25, 0.3) is 0 Å². The van der Waals surface area contributed by atoms with Crippen molar-refractivity contribution < 1.29 is 19.7 Å². The summed E-state index contributed by atoms with van der Waals surface area (Å²) in [5.74, 6) is 0.464. The van der Waals surface area contributed by atoms with Crippen LogP contribution >= 0.6 is 23.2 Å². The van der Waals surface area contributed by atoms with Crippen molar-refractivity contribution in [3.63, 3.8) is 0 Å². The molecule has 0 amide bonds. The van der Waals surface area contributed by atoms with E-state index in [-0.39, 0.29) is 25.8 Å². The molecule has 0 saturated carbocycles. The third-order valence-corrected chi connectivity index (χ3v) is 3.09. The number of aliphatic hydroxyl groups excluding tert-OH is 2. The van der Waals surface area contributed by atoms with Gasteiger partial charge < -0.3 is 25.0 Å². The Balaban J connectivity index is 2.33. The maximum Gasteiger partial charge on any atom is 0.138 e. The average Bonchev–Trinajstić information content (AvgIpc) is 2.42. The van der Waals surface area contributed by atoms with Crippen LogP contribution in [0.5, 0.6) is 5.75 Å². The Morgan fingerprint density at radius 3 is 2.65 bits per heavy atom. The van der Waals surface area contributed by atoms with Gasteiger partial charge in [0.2, 0.25) is 0 Å². The van der Waals surface area contributed by atoms with Crippen LogP contribution in [-0.4, -0.2) is 55.8 Å². The normalized spacial score (nSPS) is 14.1. The van der Waals surface area contributed by atoms with E-state index in [2.05, 4.69) is 5.32 Å². The van der Waals surface area contributed by atoms with E-state index in [0.717, 1.165) is 0 Å². The molecule has 114 valence electrons. The van der Waals surface area contributed by atoms with Gasteiger partial charge in [0.1, 0.15) is 18.5 Å². The van der Waals surface area contributed by atoms with Crippen LogP contribution in [0.3, 0.4) is 0 Å². The quantitative estimate of drug-likeness (QED) is 0.639. The van der Waals surface area contributed by atoms with E-state index in [0.29, 0.717) is 22.4 Å². The van der Waals surface area contributed by atoms with Gasteiger partial charge in [-0.2, -0.15) is 0 Å². The molecule has 7 heteroatoms. The van der Waals surface area contributed by atoms with Gasteiger partial charge >= 0.3 is 0 Å². The van der Waals surface area contributed by atoms with Gasteiger partial charge in [-0.1, -0.05) is 23.2 Å². The lowest BCUT2D eigenvalue weighted by atomic mass is 10.3. The fourth-order valence-electron chi connectivity index (χ4n) is 1.52. The van der Waals surface area contributed by atoms with Crippen LogP contribution < -0.4 is 10.1 Å². The predicted molar refractivity (Wildman–Crippen MR) is 78.7 cm³/mol. The lowest BCUT2D eigenvalue weighted by molar-refractivity contribution is 0.0854. The molecule has 0 aliphatic carbocycles. The Morgan fingerprint density at radius 2 is 2.05 bits per heavy atom. The van der Waals surface area contributed by atoms with E-state index >= 15 is 0 Å². The first-order chi connectivity index (χ1) is 9.56. The number of ether oxygens (including phenoxy) is 2. The Hall–Kier alpha value is -0.560. The van der Waals surface area contributed by atoms with E-state index in [1.807, 2.05) is 0 Å². The summed E-state index contributed by atoms with van der Waals surface area (Å²) >= 11 is 11.7. The minimum absolute atomic E-state index is 0.0650. The van der Waals surface area contributed by atoms with Crippen LogP contribution in [0.4, 0.5) is 0 Å². The molecule has 0 fully saturated rings. The van der Waals surface area contributed by atoms with E-state index in [1.54, 1.807) is 25.3 Å². The lowest BCUT2D eigenvalue weighted by Gasteiger charge is -2.18. The summed E-state index contributed by atoms with van der Waals surface area (Å²) in [4.78, 5) is 0. The van der Waals surface area contributed by atoms with Gasteiger partial charge in [-0.05, 0) is 18.2 Å². The number of hydrogen-bond acceptors (Lipinski definition) is 5. The Labute approximate surface area is 128 Å². The molecule has 0 heterocycles. The van der Waals surface area contributed by atoms with E-state index in [4.69, 9.17) is 37.8 Å². The van der Waals surface area contributed by atoms with Crippen molar-refractivity contribution in [1.82, 2.24) is 5.32 Å². The first-order valence-electron chi connectivity index (χ1n) is 6.16. The largest absolute Gasteiger partial charge is 0.489 e. The molecule has 1 aromatic carbocycles. The maximum absolute atomic E-state index is 9.79. The van der Waals surface area contributed by atoms with Crippen molar-refractivity contribution in [2.24, 2.45) is 0 Å². The highest BCUT2D eigenvalue weighted by atomic mass is 35.5. The zero-order valence-electron chi connectivity index (χ0n) is 11.2. The summed E-state index contributed by atoms with van der Waals surface area (Å²) in [5.41, 5.74) is 0. The number of nitrogens with one attached hydrogen (secondary N) is 1. The predicted octanol–water partition coefficient (Wildman–Crippen LogP) is 1.33. The summed E-state index contributed by atoms with van der Waals surface area (Å²) in [6.45, 7) is 0.663. The van der Waals surface area contributed by atoms with Crippen LogP contribution in [0, 0.1) is 0 Å². The van der Waals surface area contributed by atoms with Gasteiger partial charge in [0.25, 0.3) is 0 Å². The molecule has 0 radical (unpaired) electrons. The number of rotatable bonds is 9. The van der Waals surface area contributed by atoms with Crippen molar-refractivity contribution in [1.29, 1.82) is 0 Å². The van der Waals surface area contributed by atoms with Gasteiger partial charge in [-0.25, -0.2) is 0 Å². The fraction of sp³-hybridized carbons (Fsp3) is 0.538. The molecule has 20 heavy (non-hydrogen) atoms. The van der Waals surface area contributed by atoms with E-state index in [9.17, 15) is 5.11 Å². The second-order valence-electron chi connectivity index (χ2n) is 4.28. The van der Waals surface area contributed by atoms with E-state index in [1.165, 1.54) is 0 Å². The standard InChI is InChI=1S/C13H19Cl2NO4/c1-19-7-10(6-17)16-5-11(18)8-20-13-3-2-9(14)4-12(13)15/h2-4,10-11,16-18H,5-8H2,1H3. The first-order valence-corrected chi connectivity index (χ1v) is 6.91. The highest BCUT2D eigenvalue weighted by molar-refractivity contribution is 6.35. The topological polar surface area (TPSA) is 71.0 Å². The third-order valence-electron chi connectivity index (χ3n) is 2.56. The molecule has 1 aromatic rings. The minimum atomic E-state index is -0.729. The summed E-state index contributed by atoms with van der Waals surface area (Å²) in [6, 6.07) is 4.66. The average molecular weight is 324 g/mol. The second-order valence-corrected chi connectivity index (χ2v) is 5.13. The molecule has 2 unspecified atom stereocenters. The monoisotopic (exact) mass is 323 g/mol. The van der Waals surface area contributed by atoms with Gasteiger partial charge in [-0.15, -0.1) is 0 Å². The summed E-state index contributed by atoms with van der Waals surface area (Å²) in [5, 5.41) is 22.7. The Bertz CT molecular complexity index is 406. The second kappa shape index (κ2) is 9.39. The SMILES string of the molecule is COCC(CO)NCC(O)COc1ccc(Cl)cc1Cl. The molecule has 3 N–H and O–H groups in total. The minimum Gasteiger partial charge on any atom is -0.489 e. The molecule has 5 nitrogen and oxygen atoms in total. The van der Waals surface area contributed by atoms with Crippen LogP contribution in [0.15, 0.2) is 18.2 Å². The molecule has 0 bridgehead atoms. The number of aliphatic hydroxyl groups is 2. The Morgan fingerprint density at radius 1 is 1.30 bits per heavy atom. The van der Waals surface area contributed by atoms with Gasteiger partial charge in [0.05, 0.1) is 24.3 Å². The van der Waals surface area contributed by atoms with E-state index < -0.39 is 6.10 Å². The molecular formula is C13H19Cl2NO4. The van der Waals surface area contributed by atoms with Crippen molar-refractivity contribution in [3.05, 3.63) is 28.2 Å². The van der Waals surface area contributed by atoms with Crippen LogP contribution in [0.2, 0.25) is 10.0 Å². The van der Waals surface area contributed by atoms with Crippen molar-refractivity contribution in [3.8, 4) is 5.75 Å². The summed E-state index contributed by atoms with van der Waals surface area (Å²) < 4.78 is 10.3. The zero-order chi connectivity index (χ0) is 15.0. The van der Waals surface area contributed by atoms with Gasteiger partial charge in [-0.3, -0.25) is 0 Å². The molecule has 1 rings (SSSR count). The van der Waals surface area contributed by atoms with Crippen LogP contribution in [-0.2, 0) is 4.74 Å². The van der Waals surface area contributed by atoms with Gasteiger partial charge in [0.15, 0.2) is 0 Å². The molecule has 0 aromatic heterocycles. The fourth-order valence-corrected chi connectivity index (χ4v) is 1.98. The van der Waals surface area contributed by atoms with Crippen molar-refractivity contribution in [2.75, 3.05) is 33.5 Å². The maximum atomic E-state index is 9.79. The lowest BCUT2D eigenvalue weighted by Crippen LogP contribution is -2.42. The molecule has 0 aliphatic heterocycles. The number of hydrogen-bond donors (Lipinski definition) is 3. The third kappa shape index (κ3) is 6.26. The number of methoxy groups -OCH3 is 1. The van der Waals surface area contributed by atoms with Crippen LogP contribution in [0.1, 0.15) is 0 Å². The molecule has 0 spiro atoms. The highest BCUT2D eigenvalue weighted by Gasteiger charge is 2.11. The molecule has 0 saturated heterocycles. The number of benzene rings is 1. The van der Waals surface area contributed by atoms with Crippen molar-refractivity contribution >= 4 is 23.2 Å².